The summed E-state index contributed by atoms with van der Waals surface area (Å²) in [6, 6.07) is 0. The summed E-state index contributed by atoms with van der Waals surface area (Å²) in [6.45, 7) is 0.977. The molecule has 3 heterocycles. The van der Waals surface area contributed by atoms with Gasteiger partial charge in [0.25, 0.3) is 0 Å². The van der Waals surface area contributed by atoms with E-state index in [0.29, 0.717) is 6.17 Å². The third-order valence-electron chi connectivity index (χ3n) is 1.11. The fourth-order valence-electron chi connectivity index (χ4n) is 0.755. The third-order valence-corrected chi connectivity index (χ3v) is 1.11. The predicted molar refractivity (Wildman–Crippen MR) is 25.6 cm³/mol. The summed E-state index contributed by atoms with van der Waals surface area (Å²) < 4.78 is 0. The van der Waals surface area contributed by atoms with E-state index in [1.165, 1.54) is 0 Å². The van der Waals surface area contributed by atoms with Crippen molar-refractivity contribution in [1.82, 2.24) is 5.32 Å². The van der Waals surface area contributed by atoms with Gasteiger partial charge in [0.05, 0.1) is 0 Å². The summed E-state index contributed by atoms with van der Waals surface area (Å²) >= 11 is 0. The molecule has 0 saturated carbocycles. The molecule has 3 aliphatic rings. The van der Waals surface area contributed by atoms with Gasteiger partial charge in [0.2, 0.25) is 0 Å². The molecule has 11 heavy (non-hydrogen) atoms. The van der Waals surface area contributed by atoms with Crippen molar-refractivity contribution in [3.63, 3.8) is 0 Å². The van der Waals surface area contributed by atoms with Crippen molar-refractivity contribution in [2.24, 2.45) is 0 Å². The van der Waals surface area contributed by atoms with E-state index in [2.05, 4.69) is 16.0 Å². The number of hydrogen-bond acceptors (Lipinski definition) is 1. The second-order valence-electron chi connectivity index (χ2n) is 1.56. The van der Waals surface area contributed by atoms with Gasteiger partial charge in [-0.1, -0.05) is 0 Å². The Labute approximate surface area is 317 Å². The van der Waals surface area contributed by atoms with Crippen LogP contribution in [0.2, 0.25) is 0 Å². The SMILES string of the molecule is C1NC2[N-]C1[N-]2.[H-].[H-].[H-].[Rb+].[Rb+].[Rb+].[Rb+].[Rb+]. The van der Waals surface area contributed by atoms with Gasteiger partial charge in [-0.15, -0.1) is 0 Å². The first kappa shape index (κ1) is 28.1. The number of rotatable bonds is 0. The fourth-order valence-corrected chi connectivity index (χ4v) is 0.755. The Kier molecular flexibility index (Phi) is 43.4. The van der Waals surface area contributed by atoms with Crippen molar-refractivity contribution in [1.29, 1.82) is 0 Å². The van der Waals surface area contributed by atoms with E-state index in [1.807, 2.05) is 0 Å². The maximum atomic E-state index is 4.06. The minimum Gasteiger partial charge on any atom is -1.00 e. The topological polar surface area (TPSA) is 40.2 Å². The molecule has 0 aromatic heterocycles. The predicted octanol–water partition coefficient (Wildman–Crippen LogP) is -14.7. The molecule has 3 rings (SSSR count). The van der Waals surface area contributed by atoms with Gasteiger partial charge in [-0.05, 0) is 6.54 Å². The van der Waals surface area contributed by atoms with E-state index < -0.39 is 0 Å². The number of nitrogens with zero attached hydrogens (tertiary/aromatic N) is 2. The average molecular weight is 513 g/mol. The molecule has 3 nitrogen and oxygen atoms in total. The molecule has 0 aromatic rings. The monoisotopic (exact) mass is 511 g/mol. The van der Waals surface area contributed by atoms with Gasteiger partial charge in [-0.3, -0.25) is 0 Å². The summed E-state index contributed by atoms with van der Waals surface area (Å²) in [4.78, 5) is 0. The third kappa shape index (κ3) is 11.3. The van der Waals surface area contributed by atoms with Crippen LogP contribution < -0.4 is 296 Å². The molecule has 40 valence electrons. The molecule has 3 saturated heterocycles. The summed E-state index contributed by atoms with van der Waals surface area (Å²) in [6.07, 6.45) is 0.519. The van der Waals surface area contributed by atoms with Crippen LogP contribution in [0.3, 0.4) is 0 Å². The summed E-state index contributed by atoms with van der Waals surface area (Å²) in [5.41, 5.74) is 0. The second kappa shape index (κ2) is 17.0. The minimum atomic E-state index is 0. The molecule has 0 radical (unpaired) electrons. The van der Waals surface area contributed by atoms with Crippen LogP contribution in [0.4, 0.5) is 0 Å². The van der Waals surface area contributed by atoms with Crippen molar-refractivity contribution in [2.75, 3.05) is 6.54 Å². The molecule has 0 amide bonds. The molecule has 0 unspecified atom stereocenters. The Bertz CT molecular complexity index is 74.4. The Morgan fingerprint density at radius 2 is 1.45 bits per heavy atom. The Balaban J connectivity index is -0.0000000122. The van der Waals surface area contributed by atoms with Crippen LogP contribution in [0.5, 0.6) is 0 Å². The van der Waals surface area contributed by atoms with E-state index in [1.54, 1.807) is 0 Å². The Hall–Kier alpha value is 8.91. The largest absolute Gasteiger partial charge is 1.00 e. The zero-order chi connectivity index (χ0) is 3.98. The van der Waals surface area contributed by atoms with Gasteiger partial charge in [0.15, 0.2) is 0 Å². The van der Waals surface area contributed by atoms with Gasteiger partial charge in [-0.2, -0.15) is 6.29 Å². The molecule has 1 N–H and O–H groups in total. The standard InChI is InChI=1S/C3H5N3.5Rb.3H/c1-2-5-3(4-1)6-2;;;;;;;;/h2-4H,1H2;;;;;;;;/q-2;5*+1;3*-1. The number of nitrogens with one attached hydrogen (secondary N) is 1. The van der Waals surface area contributed by atoms with E-state index in [-0.39, 0.29) is 302 Å². The fraction of sp³-hybridized carbons (Fsp3) is 1.00. The number of fused-ring (bicyclic) bond motifs is 1. The zero-order valence-corrected chi connectivity index (χ0v) is 32.8. The van der Waals surface area contributed by atoms with Crippen molar-refractivity contribution < 1.29 is 295 Å². The zero-order valence-electron chi connectivity index (χ0n) is 11.3. The molecule has 0 spiro atoms. The van der Waals surface area contributed by atoms with Crippen molar-refractivity contribution in [3.05, 3.63) is 10.6 Å². The van der Waals surface area contributed by atoms with Crippen molar-refractivity contribution in [3.8, 4) is 0 Å². The quantitative estimate of drug-likeness (QED) is 0.344. The van der Waals surface area contributed by atoms with Gasteiger partial charge in [-0.25, -0.2) is 6.17 Å². The maximum absolute atomic E-state index is 4.06. The first-order chi connectivity index (χ1) is 2.95. The molecule has 0 aromatic carbocycles. The Morgan fingerprint density at radius 3 is 1.55 bits per heavy atom. The summed E-state index contributed by atoms with van der Waals surface area (Å²) in [5.74, 6) is 0. The second-order valence-corrected chi connectivity index (χ2v) is 1.56. The number of hydrogen-bond donors (Lipinski definition) is 1. The first-order valence-electron chi connectivity index (χ1n) is 2.08. The summed E-state index contributed by atoms with van der Waals surface area (Å²) in [5, 5.41) is 11.2. The maximum Gasteiger partial charge on any atom is 1.00 e. The van der Waals surface area contributed by atoms with Crippen LogP contribution in [-0.4, -0.2) is 19.0 Å². The average Bonchev–Trinajstić information content (AvgIpc) is 1.72. The van der Waals surface area contributed by atoms with E-state index >= 15 is 0 Å². The molecule has 2 bridgehead atoms. The van der Waals surface area contributed by atoms with Crippen LogP contribution in [-0.2, 0) is 0 Å². The van der Waals surface area contributed by atoms with Crippen molar-refractivity contribution in [2.45, 2.75) is 12.5 Å². The molecular weight excluding hydrogens is 505 g/mol. The van der Waals surface area contributed by atoms with Gasteiger partial charge < -0.3 is 20.2 Å². The van der Waals surface area contributed by atoms with E-state index in [4.69, 9.17) is 0 Å². The molecule has 3 fully saturated rings. The van der Waals surface area contributed by atoms with Crippen molar-refractivity contribution >= 4 is 0 Å². The van der Waals surface area contributed by atoms with Crippen LogP contribution in [0.1, 0.15) is 4.28 Å². The van der Waals surface area contributed by atoms with Crippen LogP contribution in [0.15, 0.2) is 0 Å². The van der Waals surface area contributed by atoms with Gasteiger partial charge in [0, 0.05) is 0 Å². The molecule has 3 aliphatic heterocycles. The Morgan fingerprint density at radius 1 is 1.00 bits per heavy atom. The molecular formula is C3H8N3Rb5. The minimum absolute atomic E-state index is 0. The van der Waals surface area contributed by atoms with E-state index in [0.717, 1.165) is 6.54 Å². The normalized spacial score (nSPS) is 28.4. The molecule has 8 heteroatoms. The van der Waals surface area contributed by atoms with Gasteiger partial charge >= 0.3 is 291 Å². The smallest absolute Gasteiger partial charge is 1.00 e. The van der Waals surface area contributed by atoms with Crippen LogP contribution in [0.25, 0.3) is 10.6 Å². The summed E-state index contributed by atoms with van der Waals surface area (Å²) in [7, 11) is 0. The van der Waals surface area contributed by atoms with E-state index in [9.17, 15) is 0 Å². The molecule has 0 atom stereocenters. The van der Waals surface area contributed by atoms with Crippen LogP contribution >= 0.6 is 0 Å². The van der Waals surface area contributed by atoms with Gasteiger partial charge in [0.1, 0.15) is 0 Å². The first-order valence-corrected chi connectivity index (χ1v) is 2.08. The molecule has 0 aliphatic carbocycles. The van der Waals surface area contributed by atoms with Crippen LogP contribution in [0, 0.1) is 0 Å².